The summed E-state index contributed by atoms with van der Waals surface area (Å²) in [6.07, 6.45) is -1.53. The van der Waals surface area contributed by atoms with Gasteiger partial charge in [0, 0.05) is 12.8 Å². The molecule has 1 heterocycles. The Morgan fingerprint density at radius 1 is 1.22 bits per heavy atom. The van der Waals surface area contributed by atoms with Crippen molar-refractivity contribution in [2.75, 3.05) is 0 Å². The third kappa shape index (κ3) is 2.57. The van der Waals surface area contributed by atoms with Crippen molar-refractivity contribution in [3.05, 3.63) is 34.9 Å². The van der Waals surface area contributed by atoms with Crippen LogP contribution in [0, 0.1) is 11.3 Å². The van der Waals surface area contributed by atoms with E-state index in [2.05, 4.69) is 0 Å². The number of amides is 1. The van der Waals surface area contributed by atoms with Crippen molar-refractivity contribution in [3.63, 3.8) is 0 Å². The van der Waals surface area contributed by atoms with Gasteiger partial charge in [0.2, 0.25) is 5.54 Å². The Bertz CT molecular complexity index is 707. The second-order valence-corrected chi connectivity index (χ2v) is 5.23. The van der Waals surface area contributed by atoms with Crippen LogP contribution >= 0.6 is 0 Å². The zero-order valence-electron chi connectivity index (χ0n) is 12.0. The summed E-state index contributed by atoms with van der Waals surface area (Å²) in [4.78, 5) is 35.1. The van der Waals surface area contributed by atoms with Gasteiger partial charge < -0.3 is 15.3 Å². The maximum atomic E-state index is 11.6. The van der Waals surface area contributed by atoms with E-state index in [0.717, 1.165) is 0 Å². The van der Waals surface area contributed by atoms with Gasteiger partial charge in [-0.15, -0.1) is 0 Å². The molecular formula is C15H14N2O6. The summed E-state index contributed by atoms with van der Waals surface area (Å²) >= 11 is 0. The van der Waals surface area contributed by atoms with E-state index in [1.807, 2.05) is 6.07 Å². The number of nitrogens with zero attached hydrogens (tertiary/aromatic N) is 2. The molecule has 8 heteroatoms. The standard InChI is InChI=1S/C15H14N2O6/c16-6-2-5-9-3-1-4-10-8-17(14(22)23)15(12(18)19,13(20)21)7-11(9)10/h1,3-4H,2,5,7-8H2,(H,18,19)(H,20,21)(H,22,23). The Labute approximate surface area is 131 Å². The Morgan fingerprint density at radius 3 is 2.39 bits per heavy atom. The van der Waals surface area contributed by atoms with Crippen LogP contribution in [0.25, 0.3) is 0 Å². The molecule has 0 saturated heterocycles. The minimum atomic E-state index is -2.57. The monoisotopic (exact) mass is 318 g/mol. The minimum Gasteiger partial charge on any atom is -0.479 e. The number of hydrogen-bond acceptors (Lipinski definition) is 4. The highest BCUT2D eigenvalue weighted by atomic mass is 16.4. The van der Waals surface area contributed by atoms with Crippen LogP contribution in [0.3, 0.4) is 0 Å². The van der Waals surface area contributed by atoms with E-state index in [0.29, 0.717) is 28.0 Å². The zero-order chi connectivity index (χ0) is 17.2. The molecule has 8 nitrogen and oxygen atoms in total. The van der Waals surface area contributed by atoms with Crippen LogP contribution in [0.2, 0.25) is 0 Å². The number of fused-ring (bicyclic) bond motifs is 1. The molecule has 1 amide bonds. The lowest BCUT2D eigenvalue weighted by Gasteiger charge is -2.40. The van der Waals surface area contributed by atoms with Crippen LogP contribution in [0.5, 0.6) is 0 Å². The lowest BCUT2D eigenvalue weighted by atomic mass is 9.80. The molecule has 0 spiro atoms. The van der Waals surface area contributed by atoms with Crippen molar-refractivity contribution < 1.29 is 29.7 Å². The molecule has 0 saturated carbocycles. The number of aryl methyl sites for hydroxylation is 1. The van der Waals surface area contributed by atoms with Gasteiger partial charge in [-0.2, -0.15) is 5.26 Å². The van der Waals surface area contributed by atoms with Crippen LogP contribution in [0.15, 0.2) is 18.2 Å². The van der Waals surface area contributed by atoms with Crippen molar-refractivity contribution in [2.45, 2.75) is 31.3 Å². The average Bonchev–Trinajstić information content (AvgIpc) is 2.50. The number of nitriles is 1. The molecule has 1 aromatic rings. The maximum absolute atomic E-state index is 11.6. The number of carboxylic acids is 2. The number of aliphatic carboxylic acids is 2. The second kappa shape index (κ2) is 5.96. The van der Waals surface area contributed by atoms with Crippen LogP contribution < -0.4 is 0 Å². The van der Waals surface area contributed by atoms with E-state index in [1.54, 1.807) is 18.2 Å². The van der Waals surface area contributed by atoms with E-state index in [1.165, 1.54) is 0 Å². The molecule has 23 heavy (non-hydrogen) atoms. The summed E-state index contributed by atoms with van der Waals surface area (Å²) in [6.45, 7) is -0.330. The third-order valence-electron chi connectivity index (χ3n) is 4.04. The van der Waals surface area contributed by atoms with E-state index < -0.39 is 30.0 Å². The zero-order valence-corrected chi connectivity index (χ0v) is 12.0. The summed E-state index contributed by atoms with van der Waals surface area (Å²) in [5.41, 5.74) is -0.853. The summed E-state index contributed by atoms with van der Waals surface area (Å²) in [5, 5.41) is 36.8. The van der Waals surface area contributed by atoms with Crippen molar-refractivity contribution in [2.24, 2.45) is 0 Å². The maximum Gasteiger partial charge on any atom is 0.409 e. The minimum absolute atomic E-state index is 0.201. The SMILES string of the molecule is N#CCCc1cccc2c1CC(C(=O)O)(C(=O)O)N(C(=O)O)C2. The first-order valence-electron chi connectivity index (χ1n) is 6.78. The Morgan fingerprint density at radius 2 is 1.87 bits per heavy atom. The van der Waals surface area contributed by atoms with Crippen molar-refractivity contribution in [1.82, 2.24) is 4.90 Å². The lowest BCUT2D eigenvalue weighted by Crippen LogP contribution is -2.64. The Hall–Kier alpha value is -3.08. The van der Waals surface area contributed by atoms with Crippen molar-refractivity contribution in [3.8, 4) is 6.07 Å². The Kier molecular flexibility index (Phi) is 4.22. The molecule has 1 aromatic carbocycles. The van der Waals surface area contributed by atoms with Crippen LogP contribution in [0.1, 0.15) is 23.1 Å². The lowest BCUT2D eigenvalue weighted by molar-refractivity contribution is -0.167. The number of rotatable bonds is 4. The summed E-state index contributed by atoms with van der Waals surface area (Å²) in [7, 11) is 0. The molecule has 0 radical (unpaired) electrons. The predicted octanol–water partition coefficient (Wildman–Crippen LogP) is 1.09. The fraction of sp³-hybridized carbons (Fsp3) is 0.333. The highest BCUT2D eigenvalue weighted by molar-refractivity contribution is 6.06. The van der Waals surface area contributed by atoms with E-state index in [4.69, 9.17) is 5.26 Å². The van der Waals surface area contributed by atoms with Gasteiger partial charge in [-0.25, -0.2) is 14.4 Å². The first kappa shape index (κ1) is 16.3. The number of carbonyl (C=O) groups is 3. The molecule has 0 aromatic heterocycles. The number of hydrogen-bond donors (Lipinski definition) is 3. The van der Waals surface area contributed by atoms with Crippen molar-refractivity contribution in [1.29, 1.82) is 5.26 Å². The molecule has 1 aliphatic rings. The molecular weight excluding hydrogens is 304 g/mol. The van der Waals surface area contributed by atoms with Gasteiger partial charge in [0.15, 0.2) is 0 Å². The number of carboxylic acid groups (broad SMARTS) is 3. The van der Waals surface area contributed by atoms with Gasteiger partial charge in [-0.1, -0.05) is 18.2 Å². The molecule has 120 valence electrons. The average molecular weight is 318 g/mol. The van der Waals surface area contributed by atoms with E-state index in [9.17, 15) is 29.7 Å². The second-order valence-electron chi connectivity index (χ2n) is 5.23. The first-order valence-corrected chi connectivity index (χ1v) is 6.78. The van der Waals surface area contributed by atoms with Gasteiger partial charge >= 0.3 is 18.0 Å². The molecule has 2 rings (SSSR count). The van der Waals surface area contributed by atoms with Crippen molar-refractivity contribution >= 4 is 18.0 Å². The number of benzene rings is 1. The van der Waals surface area contributed by atoms with E-state index >= 15 is 0 Å². The van der Waals surface area contributed by atoms with Crippen LogP contribution in [-0.4, -0.2) is 43.8 Å². The van der Waals surface area contributed by atoms with Gasteiger partial charge in [0.1, 0.15) is 0 Å². The molecule has 0 aliphatic carbocycles. The normalized spacial score (nSPS) is 15.3. The summed E-state index contributed by atoms with van der Waals surface area (Å²) in [5.74, 6) is -3.46. The summed E-state index contributed by atoms with van der Waals surface area (Å²) in [6, 6.07) is 6.99. The third-order valence-corrected chi connectivity index (χ3v) is 4.04. The van der Waals surface area contributed by atoms with Crippen LogP contribution in [-0.2, 0) is 29.0 Å². The van der Waals surface area contributed by atoms with Gasteiger partial charge in [0.05, 0.1) is 12.6 Å². The Balaban J connectivity index is 2.61. The molecule has 0 unspecified atom stereocenters. The first-order chi connectivity index (χ1) is 10.8. The fourth-order valence-electron chi connectivity index (χ4n) is 2.85. The van der Waals surface area contributed by atoms with Gasteiger partial charge in [0.25, 0.3) is 0 Å². The molecule has 3 N–H and O–H groups in total. The van der Waals surface area contributed by atoms with Gasteiger partial charge in [-0.3, -0.25) is 4.90 Å². The molecule has 0 fully saturated rings. The largest absolute Gasteiger partial charge is 0.479 e. The highest BCUT2D eigenvalue weighted by Gasteiger charge is 2.56. The molecule has 0 atom stereocenters. The quantitative estimate of drug-likeness (QED) is 0.706. The fourth-order valence-corrected chi connectivity index (χ4v) is 2.85. The van der Waals surface area contributed by atoms with Gasteiger partial charge in [-0.05, 0) is 23.1 Å². The highest BCUT2D eigenvalue weighted by Crippen LogP contribution is 2.34. The molecule has 0 bridgehead atoms. The topological polar surface area (TPSA) is 139 Å². The van der Waals surface area contributed by atoms with Crippen LogP contribution in [0.4, 0.5) is 4.79 Å². The smallest absolute Gasteiger partial charge is 0.409 e. The predicted molar refractivity (Wildman–Crippen MR) is 75.7 cm³/mol. The van der Waals surface area contributed by atoms with E-state index in [-0.39, 0.29) is 13.0 Å². The summed E-state index contributed by atoms with van der Waals surface area (Å²) < 4.78 is 0. The molecule has 1 aliphatic heterocycles.